The number of rotatable bonds is 7. The Morgan fingerprint density at radius 2 is 1.18 bits per heavy atom. The minimum atomic E-state index is -0.279. The van der Waals surface area contributed by atoms with Crippen molar-refractivity contribution in [2.75, 3.05) is 5.73 Å². The van der Waals surface area contributed by atoms with Crippen molar-refractivity contribution >= 4 is 35.2 Å². The van der Waals surface area contributed by atoms with Gasteiger partial charge in [-0.2, -0.15) is 0 Å². The Balaban J connectivity index is 1.42. The van der Waals surface area contributed by atoms with Gasteiger partial charge in [-0.15, -0.1) is 0 Å². The number of nitrogens with one attached hydrogen (secondary N) is 1. The molecule has 4 atom stereocenters. The molecule has 8 heteroatoms. The molecule has 5 N–H and O–H groups in total. The fraction of sp³-hybridized carbons (Fsp3) is 0.439. The molecule has 3 aromatic rings. The molecular weight excluding hydrogens is 612 g/mol. The molecule has 0 amide bonds. The SMILES string of the molecule is CC1CC(C)C(C(=O)OC2=C(c3ccccc3)/C(=C/c3[nH]c(N)c(OC(=O)C4C(C)CC(C)CC4C)c3-c3ccccc3)N=C2N)C(C)C1. The Morgan fingerprint density at radius 1 is 0.714 bits per heavy atom. The van der Waals surface area contributed by atoms with Gasteiger partial charge in [-0.3, -0.25) is 9.59 Å². The molecule has 4 unspecified atom stereocenters. The van der Waals surface area contributed by atoms with E-state index in [1.165, 1.54) is 0 Å². The molecule has 0 saturated heterocycles. The number of carbonyl (C=O) groups is 2. The van der Waals surface area contributed by atoms with E-state index in [0.717, 1.165) is 36.8 Å². The smallest absolute Gasteiger partial charge is 0.315 e. The standard InChI is InChI=1S/C41H50N4O4/c1-22-17-24(3)32(25(4)18-22)40(46)48-36-34(28-13-9-7-10-14-28)30(44-38(36)42)21-31-35(29-15-11-8-12-16-29)37(39(43)45-31)49-41(47)33-26(5)19-23(2)20-27(33)6/h7-16,21-27,32-33,44H,17-20,42H2,1-6H3,(H2,43,45)/b31-21-. The number of ether oxygens (including phenoxy) is 2. The number of nitrogens with zero attached hydrogens (tertiary/aromatic N) is 1. The average Bonchev–Trinajstić information content (AvgIpc) is 3.50. The second-order valence-electron chi connectivity index (χ2n) is 15.1. The van der Waals surface area contributed by atoms with Gasteiger partial charge in [-0.25, -0.2) is 4.99 Å². The third-order valence-corrected chi connectivity index (χ3v) is 10.9. The van der Waals surface area contributed by atoms with E-state index >= 15 is 0 Å². The zero-order chi connectivity index (χ0) is 35.0. The van der Waals surface area contributed by atoms with E-state index < -0.39 is 0 Å². The Morgan fingerprint density at radius 3 is 1.69 bits per heavy atom. The van der Waals surface area contributed by atoms with Crippen molar-refractivity contribution in [2.24, 2.45) is 58.1 Å². The van der Waals surface area contributed by atoms with E-state index in [0.29, 0.717) is 40.1 Å². The molecule has 2 fully saturated rings. The summed E-state index contributed by atoms with van der Waals surface area (Å²) < 4.78 is 12.4. The normalized spacial score (nSPS) is 29.5. The van der Waals surface area contributed by atoms with E-state index in [2.05, 4.69) is 46.5 Å². The van der Waals surface area contributed by atoms with Crippen LogP contribution >= 0.6 is 0 Å². The second kappa shape index (κ2) is 14.1. The first-order chi connectivity index (χ1) is 23.4. The van der Waals surface area contributed by atoms with Crippen LogP contribution in [0.2, 0.25) is 0 Å². The zero-order valence-electron chi connectivity index (χ0n) is 29.5. The quantitative estimate of drug-likeness (QED) is 0.217. The highest BCUT2D eigenvalue weighted by Gasteiger charge is 2.40. The van der Waals surface area contributed by atoms with E-state index in [1.54, 1.807) is 0 Å². The summed E-state index contributed by atoms with van der Waals surface area (Å²) >= 11 is 0. The number of nitrogen functional groups attached to an aromatic ring is 1. The number of esters is 2. The van der Waals surface area contributed by atoms with Crippen LogP contribution in [0.3, 0.4) is 0 Å². The van der Waals surface area contributed by atoms with Crippen LogP contribution < -0.4 is 16.2 Å². The van der Waals surface area contributed by atoms with Gasteiger partial charge in [0.2, 0.25) is 0 Å². The number of anilines is 1. The Labute approximate surface area is 290 Å². The number of benzene rings is 2. The number of hydrogen-bond acceptors (Lipinski definition) is 7. The highest BCUT2D eigenvalue weighted by molar-refractivity contribution is 6.13. The number of amidine groups is 1. The van der Waals surface area contributed by atoms with Crippen molar-refractivity contribution in [3.8, 4) is 16.9 Å². The molecule has 2 aliphatic carbocycles. The Hall–Kier alpha value is -4.59. The molecular formula is C41H50N4O4. The van der Waals surface area contributed by atoms with Crippen molar-refractivity contribution < 1.29 is 19.1 Å². The fourth-order valence-electron chi connectivity index (χ4n) is 9.04. The number of carbonyl (C=O) groups excluding carboxylic acids is 2. The summed E-state index contributed by atoms with van der Waals surface area (Å²) in [5, 5.41) is 0. The van der Waals surface area contributed by atoms with Gasteiger partial charge < -0.3 is 25.9 Å². The minimum absolute atomic E-state index is 0.130. The highest BCUT2D eigenvalue weighted by atomic mass is 16.5. The third-order valence-electron chi connectivity index (χ3n) is 10.9. The number of aromatic nitrogens is 1. The van der Waals surface area contributed by atoms with Crippen molar-refractivity contribution in [1.82, 2.24) is 4.98 Å². The molecule has 2 heterocycles. The predicted octanol–water partition coefficient (Wildman–Crippen LogP) is 8.47. The molecule has 0 radical (unpaired) electrons. The first-order valence-electron chi connectivity index (χ1n) is 17.8. The van der Waals surface area contributed by atoms with E-state index in [4.69, 9.17) is 25.9 Å². The van der Waals surface area contributed by atoms with Gasteiger partial charge in [0.25, 0.3) is 0 Å². The Kier molecular flexibility index (Phi) is 9.87. The lowest BCUT2D eigenvalue weighted by molar-refractivity contribution is -0.149. The number of hydrogen-bond donors (Lipinski definition) is 3. The predicted molar refractivity (Wildman–Crippen MR) is 196 cm³/mol. The van der Waals surface area contributed by atoms with Gasteiger partial charge in [0.15, 0.2) is 17.3 Å². The summed E-state index contributed by atoms with van der Waals surface area (Å²) in [5.74, 6) is 1.84. The topological polar surface area (TPSA) is 133 Å². The number of aromatic amines is 1. The van der Waals surface area contributed by atoms with Crippen LogP contribution in [0.4, 0.5) is 5.82 Å². The summed E-state index contributed by atoms with van der Waals surface area (Å²) in [6, 6.07) is 19.4. The summed E-state index contributed by atoms with van der Waals surface area (Å²) in [4.78, 5) is 35.6. The maximum atomic E-state index is 13.8. The van der Waals surface area contributed by atoms with Crippen molar-refractivity contribution in [3.05, 3.63) is 83.4 Å². The molecule has 49 heavy (non-hydrogen) atoms. The van der Waals surface area contributed by atoms with E-state index in [9.17, 15) is 9.59 Å². The molecule has 0 bridgehead atoms. The van der Waals surface area contributed by atoms with Gasteiger partial charge >= 0.3 is 11.9 Å². The molecule has 2 aromatic carbocycles. The molecule has 8 nitrogen and oxygen atoms in total. The van der Waals surface area contributed by atoms with Crippen LogP contribution in [0.25, 0.3) is 22.8 Å². The van der Waals surface area contributed by atoms with Crippen LogP contribution in [0.5, 0.6) is 5.75 Å². The summed E-state index contributed by atoms with van der Waals surface area (Å²) in [7, 11) is 0. The van der Waals surface area contributed by atoms with Gasteiger partial charge in [0, 0.05) is 0 Å². The van der Waals surface area contributed by atoms with Crippen LogP contribution in [0, 0.1) is 47.3 Å². The van der Waals surface area contributed by atoms with E-state index in [1.807, 2.05) is 66.7 Å². The molecule has 6 rings (SSSR count). The maximum absolute atomic E-state index is 13.8. The molecule has 2 saturated carbocycles. The minimum Gasteiger partial charge on any atom is -0.422 e. The monoisotopic (exact) mass is 662 g/mol. The first-order valence-corrected chi connectivity index (χ1v) is 17.8. The van der Waals surface area contributed by atoms with Crippen molar-refractivity contribution in [2.45, 2.75) is 67.2 Å². The van der Waals surface area contributed by atoms with Gasteiger partial charge in [0.05, 0.1) is 34.4 Å². The molecule has 1 aliphatic heterocycles. The second-order valence-corrected chi connectivity index (χ2v) is 15.1. The lowest BCUT2D eigenvalue weighted by atomic mass is 9.69. The van der Waals surface area contributed by atoms with Crippen LogP contribution in [0.1, 0.15) is 78.5 Å². The zero-order valence-corrected chi connectivity index (χ0v) is 29.5. The molecule has 0 spiro atoms. The molecule has 258 valence electrons. The van der Waals surface area contributed by atoms with Crippen molar-refractivity contribution in [3.63, 3.8) is 0 Å². The summed E-state index contributed by atoms with van der Waals surface area (Å²) in [6.07, 6.45) is 5.75. The van der Waals surface area contributed by atoms with Gasteiger partial charge in [-0.05, 0) is 78.4 Å². The van der Waals surface area contributed by atoms with Crippen LogP contribution in [-0.4, -0.2) is 22.8 Å². The fourth-order valence-corrected chi connectivity index (χ4v) is 9.04. The highest BCUT2D eigenvalue weighted by Crippen LogP contribution is 2.45. The van der Waals surface area contributed by atoms with Crippen LogP contribution in [-0.2, 0) is 14.3 Å². The average molecular weight is 663 g/mol. The lowest BCUT2D eigenvalue weighted by Gasteiger charge is -2.36. The van der Waals surface area contributed by atoms with E-state index in [-0.39, 0.29) is 64.9 Å². The number of allylic oxidation sites excluding steroid dienone is 1. The third kappa shape index (κ3) is 6.96. The first kappa shape index (κ1) is 34.3. The van der Waals surface area contributed by atoms with Crippen LogP contribution in [0.15, 0.2) is 77.1 Å². The Bertz CT molecular complexity index is 1770. The van der Waals surface area contributed by atoms with Crippen molar-refractivity contribution in [1.29, 1.82) is 0 Å². The number of H-pyrrole nitrogens is 1. The molecule has 3 aliphatic rings. The number of aliphatic imine (C=N–C) groups is 1. The lowest BCUT2D eigenvalue weighted by Crippen LogP contribution is -2.37. The maximum Gasteiger partial charge on any atom is 0.315 e. The molecule has 1 aromatic heterocycles. The summed E-state index contributed by atoms with van der Waals surface area (Å²) in [5.41, 5.74) is 17.2. The van der Waals surface area contributed by atoms with Gasteiger partial charge in [0.1, 0.15) is 5.82 Å². The van der Waals surface area contributed by atoms with Gasteiger partial charge in [-0.1, -0.05) is 102 Å². The summed E-state index contributed by atoms with van der Waals surface area (Å²) in [6.45, 7) is 13.0. The number of nitrogens with two attached hydrogens (primary N) is 2. The largest absolute Gasteiger partial charge is 0.422 e.